The zero-order valence-electron chi connectivity index (χ0n) is 13.1. The highest BCUT2D eigenvalue weighted by molar-refractivity contribution is 4.82. The zero-order valence-corrected chi connectivity index (χ0v) is 13.1. The van der Waals surface area contributed by atoms with Crippen LogP contribution in [0.15, 0.2) is 0 Å². The van der Waals surface area contributed by atoms with Gasteiger partial charge in [-0.25, -0.2) is 0 Å². The molecule has 0 saturated carbocycles. The highest BCUT2D eigenvalue weighted by Crippen LogP contribution is 2.15. The van der Waals surface area contributed by atoms with Crippen molar-refractivity contribution in [2.75, 3.05) is 52.5 Å². The molecule has 0 bridgehead atoms. The van der Waals surface area contributed by atoms with Crippen molar-refractivity contribution in [3.8, 4) is 0 Å². The van der Waals surface area contributed by atoms with Crippen LogP contribution >= 0.6 is 0 Å². The highest BCUT2D eigenvalue weighted by atomic mass is 16.5. The molecule has 0 aliphatic carbocycles. The van der Waals surface area contributed by atoms with Crippen molar-refractivity contribution in [1.29, 1.82) is 0 Å². The van der Waals surface area contributed by atoms with Crippen molar-refractivity contribution >= 4 is 0 Å². The van der Waals surface area contributed by atoms with Crippen molar-refractivity contribution in [3.05, 3.63) is 0 Å². The van der Waals surface area contributed by atoms with Gasteiger partial charge in [-0.05, 0) is 12.8 Å². The quantitative estimate of drug-likeness (QED) is 0.794. The van der Waals surface area contributed by atoms with Gasteiger partial charge >= 0.3 is 0 Å². The van der Waals surface area contributed by atoms with Gasteiger partial charge in [0.2, 0.25) is 0 Å². The summed E-state index contributed by atoms with van der Waals surface area (Å²) >= 11 is 0. The molecular weight excluding hydrogens is 256 g/mol. The Labute approximate surface area is 122 Å². The van der Waals surface area contributed by atoms with Crippen LogP contribution < -0.4 is 0 Å². The molecule has 20 heavy (non-hydrogen) atoms. The molecule has 3 atom stereocenters. The summed E-state index contributed by atoms with van der Waals surface area (Å²) in [6.45, 7) is 13.3. The first-order chi connectivity index (χ1) is 9.58. The third-order valence-corrected chi connectivity index (χ3v) is 4.12. The van der Waals surface area contributed by atoms with Gasteiger partial charge in [0.1, 0.15) is 0 Å². The average Bonchev–Trinajstić information content (AvgIpc) is 2.41. The molecule has 3 unspecified atom stereocenters. The monoisotopic (exact) mass is 286 g/mol. The summed E-state index contributed by atoms with van der Waals surface area (Å²) < 4.78 is 11.5. The van der Waals surface area contributed by atoms with Crippen LogP contribution in [0.1, 0.15) is 20.8 Å². The third kappa shape index (κ3) is 4.67. The second kappa shape index (κ2) is 7.71. The van der Waals surface area contributed by atoms with Crippen LogP contribution in [-0.2, 0) is 9.47 Å². The molecule has 118 valence electrons. The molecule has 5 nitrogen and oxygen atoms in total. The molecule has 2 aliphatic heterocycles. The van der Waals surface area contributed by atoms with Crippen LogP contribution in [0.25, 0.3) is 0 Å². The Morgan fingerprint density at radius 1 is 1.20 bits per heavy atom. The van der Waals surface area contributed by atoms with Crippen molar-refractivity contribution in [1.82, 2.24) is 9.80 Å². The summed E-state index contributed by atoms with van der Waals surface area (Å²) in [4.78, 5) is 4.90. The normalized spacial score (nSPS) is 33.8. The summed E-state index contributed by atoms with van der Waals surface area (Å²) in [6.07, 6.45) is 0.240. The van der Waals surface area contributed by atoms with E-state index in [9.17, 15) is 5.11 Å². The van der Waals surface area contributed by atoms with Crippen LogP contribution in [0, 0.1) is 5.92 Å². The minimum atomic E-state index is -0.0402. The molecule has 2 heterocycles. The lowest BCUT2D eigenvalue weighted by atomic mass is 10.1. The smallest absolute Gasteiger partial charge is 0.0933 e. The van der Waals surface area contributed by atoms with E-state index in [1.165, 1.54) is 0 Å². The summed E-state index contributed by atoms with van der Waals surface area (Å²) in [5.74, 6) is 0.704. The maximum Gasteiger partial charge on any atom is 0.0933 e. The molecular formula is C15H30N2O3. The lowest BCUT2D eigenvalue weighted by Gasteiger charge is -2.41. The molecule has 2 aliphatic rings. The Morgan fingerprint density at radius 2 is 2.00 bits per heavy atom. The van der Waals surface area contributed by atoms with E-state index in [0.717, 1.165) is 39.3 Å². The Bertz CT molecular complexity index is 288. The van der Waals surface area contributed by atoms with Crippen molar-refractivity contribution in [2.45, 2.75) is 39.0 Å². The molecule has 2 saturated heterocycles. The van der Waals surface area contributed by atoms with E-state index < -0.39 is 0 Å². The minimum Gasteiger partial charge on any atom is -0.394 e. The standard InChI is InChI=1S/C15H30N2O3/c1-12(2)6-16-4-5-19-14(7-16)8-17-9-15(10-18)20-11-13(17)3/h12-15,18H,4-11H2,1-3H3. The Morgan fingerprint density at radius 3 is 2.70 bits per heavy atom. The predicted octanol–water partition coefficient (Wildman–Crippen LogP) is 0.425. The molecule has 0 aromatic heterocycles. The predicted molar refractivity (Wildman–Crippen MR) is 78.9 cm³/mol. The molecule has 1 N–H and O–H groups in total. The van der Waals surface area contributed by atoms with Crippen molar-refractivity contribution in [2.24, 2.45) is 5.92 Å². The van der Waals surface area contributed by atoms with Crippen LogP contribution in [0.3, 0.4) is 0 Å². The number of ether oxygens (including phenoxy) is 2. The number of aliphatic hydroxyl groups is 1. The molecule has 2 fully saturated rings. The zero-order chi connectivity index (χ0) is 14.5. The summed E-state index contributed by atoms with van der Waals surface area (Å²) in [7, 11) is 0. The van der Waals surface area contributed by atoms with E-state index in [4.69, 9.17) is 9.47 Å². The second-order valence-corrected chi connectivity index (χ2v) is 6.59. The molecule has 0 aromatic carbocycles. The number of rotatable bonds is 5. The molecule has 0 radical (unpaired) electrons. The van der Waals surface area contributed by atoms with E-state index in [-0.39, 0.29) is 18.8 Å². The van der Waals surface area contributed by atoms with Gasteiger partial charge in [-0.3, -0.25) is 9.80 Å². The van der Waals surface area contributed by atoms with Crippen LogP contribution in [0.5, 0.6) is 0 Å². The van der Waals surface area contributed by atoms with Gasteiger partial charge in [-0.2, -0.15) is 0 Å². The van der Waals surface area contributed by atoms with Gasteiger partial charge in [0.25, 0.3) is 0 Å². The van der Waals surface area contributed by atoms with Gasteiger partial charge in [0.15, 0.2) is 0 Å². The number of nitrogens with zero attached hydrogens (tertiary/aromatic N) is 2. The summed E-state index contributed by atoms with van der Waals surface area (Å²) in [5, 5.41) is 9.25. The first-order valence-corrected chi connectivity index (χ1v) is 7.89. The third-order valence-electron chi connectivity index (χ3n) is 4.12. The lowest BCUT2D eigenvalue weighted by Crippen LogP contribution is -2.55. The van der Waals surface area contributed by atoms with E-state index in [2.05, 4.69) is 30.6 Å². The van der Waals surface area contributed by atoms with Gasteiger partial charge in [0, 0.05) is 38.8 Å². The maximum atomic E-state index is 9.25. The average molecular weight is 286 g/mol. The van der Waals surface area contributed by atoms with E-state index in [1.54, 1.807) is 0 Å². The van der Waals surface area contributed by atoms with Gasteiger partial charge in [0.05, 0.1) is 32.0 Å². The second-order valence-electron chi connectivity index (χ2n) is 6.59. The molecule has 0 amide bonds. The first kappa shape index (κ1) is 16.2. The number of hydrogen-bond donors (Lipinski definition) is 1. The van der Waals surface area contributed by atoms with Crippen molar-refractivity contribution in [3.63, 3.8) is 0 Å². The Balaban J connectivity index is 1.82. The summed E-state index contributed by atoms with van der Waals surface area (Å²) in [6, 6.07) is 0.405. The van der Waals surface area contributed by atoms with Gasteiger partial charge in [-0.1, -0.05) is 13.8 Å². The van der Waals surface area contributed by atoms with Gasteiger partial charge in [-0.15, -0.1) is 0 Å². The van der Waals surface area contributed by atoms with Crippen LogP contribution in [-0.4, -0.2) is 85.7 Å². The SMILES string of the molecule is CC(C)CN1CCOC(CN2CC(CO)OCC2C)C1. The van der Waals surface area contributed by atoms with Crippen molar-refractivity contribution < 1.29 is 14.6 Å². The fourth-order valence-electron chi connectivity index (χ4n) is 3.07. The van der Waals surface area contributed by atoms with Crippen LogP contribution in [0.2, 0.25) is 0 Å². The molecule has 5 heteroatoms. The van der Waals surface area contributed by atoms with Gasteiger partial charge < -0.3 is 14.6 Å². The first-order valence-electron chi connectivity index (χ1n) is 7.89. The topological polar surface area (TPSA) is 45.2 Å². The number of morpholine rings is 2. The number of aliphatic hydroxyl groups excluding tert-OH is 1. The highest BCUT2D eigenvalue weighted by Gasteiger charge is 2.29. The fourth-order valence-corrected chi connectivity index (χ4v) is 3.07. The van der Waals surface area contributed by atoms with Crippen LogP contribution in [0.4, 0.5) is 0 Å². The molecule has 0 spiro atoms. The fraction of sp³-hybridized carbons (Fsp3) is 1.00. The summed E-state index contributed by atoms with van der Waals surface area (Å²) in [5.41, 5.74) is 0. The number of hydrogen-bond acceptors (Lipinski definition) is 5. The molecule has 0 aromatic rings. The lowest BCUT2D eigenvalue weighted by molar-refractivity contribution is -0.104. The largest absolute Gasteiger partial charge is 0.394 e. The maximum absolute atomic E-state index is 9.25. The minimum absolute atomic E-state index is 0.0402. The Kier molecular flexibility index (Phi) is 6.23. The van der Waals surface area contributed by atoms with E-state index in [0.29, 0.717) is 18.6 Å². The van der Waals surface area contributed by atoms with E-state index >= 15 is 0 Å². The Hall–Kier alpha value is -0.200. The molecule has 2 rings (SSSR count). The van der Waals surface area contributed by atoms with E-state index in [1.807, 2.05) is 0 Å².